The summed E-state index contributed by atoms with van der Waals surface area (Å²) in [5.74, 6) is 1.48. The molecule has 1 fully saturated rings. The molecule has 1 amide bonds. The predicted molar refractivity (Wildman–Crippen MR) is 108 cm³/mol. The average Bonchev–Trinajstić information content (AvgIpc) is 3.17. The van der Waals surface area contributed by atoms with Crippen molar-refractivity contribution in [2.45, 2.75) is 31.1 Å². The number of aryl methyl sites for hydroxylation is 1. The summed E-state index contributed by atoms with van der Waals surface area (Å²) in [6.07, 6.45) is 2.89. The van der Waals surface area contributed by atoms with Crippen LogP contribution < -0.4 is 10.2 Å². The van der Waals surface area contributed by atoms with Gasteiger partial charge >= 0.3 is 0 Å². The normalized spacial score (nSPS) is 17.2. The average molecular weight is 368 g/mol. The highest BCUT2D eigenvalue weighted by Gasteiger charge is 2.28. The summed E-state index contributed by atoms with van der Waals surface area (Å²) >= 11 is 1.92. The molecule has 1 N–H and O–H groups in total. The lowest BCUT2D eigenvalue weighted by Gasteiger charge is -2.34. The van der Waals surface area contributed by atoms with Gasteiger partial charge in [-0.3, -0.25) is 9.78 Å². The van der Waals surface area contributed by atoms with Crippen LogP contribution in [0.2, 0.25) is 0 Å². The molecule has 1 aromatic carbocycles. The van der Waals surface area contributed by atoms with Crippen molar-refractivity contribution in [3.05, 3.63) is 42.1 Å². The number of hydrogen-bond donors (Lipinski definition) is 1. The van der Waals surface area contributed by atoms with E-state index in [1.54, 1.807) is 0 Å². The molecule has 0 radical (unpaired) electrons. The van der Waals surface area contributed by atoms with Crippen molar-refractivity contribution in [1.29, 1.82) is 0 Å². The zero-order chi connectivity index (χ0) is 17.9. The lowest BCUT2D eigenvalue weighted by molar-refractivity contribution is -0.125. The number of anilines is 1. The van der Waals surface area contributed by atoms with Crippen LogP contribution in [0.1, 0.15) is 25.5 Å². The van der Waals surface area contributed by atoms with Crippen LogP contribution >= 0.6 is 11.8 Å². The molecule has 26 heavy (non-hydrogen) atoms. The van der Waals surface area contributed by atoms with Gasteiger partial charge in [0.1, 0.15) is 0 Å². The van der Waals surface area contributed by atoms with Crippen molar-refractivity contribution in [2.24, 2.45) is 5.92 Å². The Labute approximate surface area is 159 Å². The second-order valence-electron chi connectivity index (χ2n) is 6.92. The molecule has 0 spiro atoms. The van der Waals surface area contributed by atoms with Crippen molar-refractivity contribution < 1.29 is 4.79 Å². The molecule has 5 heteroatoms. The molecule has 2 aliphatic rings. The van der Waals surface area contributed by atoms with Gasteiger partial charge in [0, 0.05) is 43.3 Å². The third-order valence-electron chi connectivity index (χ3n) is 5.24. The maximum absolute atomic E-state index is 12.1. The summed E-state index contributed by atoms with van der Waals surface area (Å²) in [7, 11) is 0. The first-order valence-electron chi connectivity index (χ1n) is 9.51. The van der Waals surface area contributed by atoms with Gasteiger partial charge in [-0.05, 0) is 25.8 Å². The van der Waals surface area contributed by atoms with Gasteiger partial charge < -0.3 is 10.2 Å². The van der Waals surface area contributed by atoms with Gasteiger partial charge in [-0.2, -0.15) is 0 Å². The van der Waals surface area contributed by atoms with E-state index in [0.717, 1.165) is 43.8 Å². The van der Waals surface area contributed by atoms with Gasteiger partial charge in [0.25, 0.3) is 0 Å². The number of rotatable bonds is 4. The van der Waals surface area contributed by atoms with Crippen molar-refractivity contribution in [3.63, 3.8) is 0 Å². The third-order valence-corrected chi connectivity index (χ3v) is 6.38. The zero-order valence-electron chi connectivity index (χ0n) is 15.2. The Balaban J connectivity index is 1.59. The quantitative estimate of drug-likeness (QED) is 0.894. The van der Waals surface area contributed by atoms with E-state index >= 15 is 0 Å². The number of amides is 1. The molecule has 0 atom stereocenters. The number of aromatic nitrogens is 1. The molecule has 1 aromatic heterocycles. The number of carbonyl (C=O) groups is 1. The van der Waals surface area contributed by atoms with E-state index in [-0.39, 0.29) is 11.8 Å². The van der Waals surface area contributed by atoms with Crippen molar-refractivity contribution in [1.82, 2.24) is 10.3 Å². The molecule has 4 nitrogen and oxygen atoms in total. The first-order chi connectivity index (χ1) is 12.8. The SMILES string of the molecule is CCNC(=O)C1CCN(c2cc(-c3ccccc3)nc3c2SCC3)CC1. The van der Waals surface area contributed by atoms with Gasteiger partial charge in [0.2, 0.25) is 5.91 Å². The van der Waals surface area contributed by atoms with E-state index in [9.17, 15) is 4.79 Å². The van der Waals surface area contributed by atoms with Crippen molar-refractivity contribution in [3.8, 4) is 11.3 Å². The van der Waals surface area contributed by atoms with E-state index in [1.807, 2.05) is 24.8 Å². The number of hydrogen-bond acceptors (Lipinski definition) is 4. The Morgan fingerprint density at radius 2 is 2.04 bits per heavy atom. The van der Waals surface area contributed by atoms with Gasteiger partial charge in [-0.15, -0.1) is 11.8 Å². The highest BCUT2D eigenvalue weighted by Crippen LogP contribution is 2.41. The van der Waals surface area contributed by atoms with E-state index in [0.29, 0.717) is 6.54 Å². The highest BCUT2D eigenvalue weighted by molar-refractivity contribution is 7.99. The van der Waals surface area contributed by atoms with Gasteiger partial charge in [0.15, 0.2) is 0 Å². The number of piperidine rings is 1. The van der Waals surface area contributed by atoms with Crippen LogP contribution in [0.15, 0.2) is 41.3 Å². The van der Waals surface area contributed by atoms with E-state index in [4.69, 9.17) is 4.98 Å². The second kappa shape index (κ2) is 7.70. The minimum Gasteiger partial charge on any atom is -0.370 e. The van der Waals surface area contributed by atoms with Gasteiger partial charge in [0.05, 0.1) is 22.0 Å². The molecular formula is C21H25N3OS. The van der Waals surface area contributed by atoms with Crippen LogP contribution in [0.4, 0.5) is 5.69 Å². The van der Waals surface area contributed by atoms with Crippen LogP contribution in [0, 0.1) is 5.92 Å². The minimum atomic E-state index is 0.155. The maximum Gasteiger partial charge on any atom is 0.223 e. The van der Waals surface area contributed by atoms with Gasteiger partial charge in [-0.25, -0.2) is 0 Å². The summed E-state index contributed by atoms with van der Waals surface area (Å²) < 4.78 is 0. The first-order valence-corrected chi connectivity index (χ1v) is 10.5. The standard InChI is InChI=1S/C21H25N3OS/c1-2-22-21(25)16-8-11-24(12-9-16)19-14-18(15-6-4-3-5-7-15)23-17-10-13-26-20(17)19/h3-7,14,16H,2,8-13H2,1H3,(H,22,25). The molecule has 2 aliphatic heterocycles. The first kappa shape index (κ1) is 17.4. The van der Waals surface area contributed by atoms with Crippen LogP contribution in [0.25, 0.3) is 11.3 Å². The molecule has 0 unspecified atom stereocenters. The number of fused-ring (bicyclic) bond motifs is 1. The Hall–Kier alpha value is -2.01. The Morgan fingerprint density at radius 3 is 2.77 bits per heavy atom. The molecule has 3 heterocycles. The Kier molecular flexibility index (Phi) is 5.16. The summed E-state index contributed by atoms with van der Waals surface area (Å²) in [6.45, 7) is 4.57. The molecule has 0 bridgehead atoms. The maximum atomic E-state index is 12.1. The number of thioether (sulfide) groups is 1. The van der Waals surface area contributed by atoms with Crippen LogP contribution in [-0.2, 0) is 11.2 Å². The summed E-state index contributed by atoms with van der Waals surface area (Å²) in [5.41, 5.74) is 4.78. The second-order valence-corrected chi connectivity index (χ2v) is 8.03. The number of nitrogens with one attached hydrogen (secondary N) is 1. The predicted octanol–water partition coefficient (Wildman–Crippen LogP) is 3.75. The number of benzene rings is 1. The summed E-state index contributed by atoms with van der Waals surface area (Å²) in [5, 5.41) is 2.97. The largest absolute Gasteiger partial charge is 0.370 e. The highest BCUT2D eigenvalue weighted by atomic mass is 32.2. The van der Waals surface area contributed by atoms with Crippen molar-refractivity contribution in [2.75, 3.05) is 30.3 Å². The molecule has 2 aromatic rings. The number of carbonyl (C=O) groups excluding carboxylic acids is 1. The van der Waals surface area contributed by atoms with Crippen LogP contribution in [0.3, 0.4) is 0 Å². The van der Waals surface area contributed by atoms with Crippen LogP contribution in [-0.4, -0.2) is 36.3 Å². The molecule has 0 aliphatic carbocycles. The summed E-state index contributed by atoms with van der Waals surface area (Å²) in [6, 6.07) is 12.7. The molecule has 0 saturated carbocycles. The van der Waals surface area contributed by atoms with Crippen LogP contribution in [0.5, 0.6) is 0 Å². The number of nitrogens with zero attached hydrogens (tertiary/aromatic N) is 2. The molecule has 4 rings (SSSR count). The fourth-order valence-electron chi connectivity index (χ4n) is 3.84. The molecule has 1 saturated heterocycles. The minimum absolute atomic E-state index is 0.155. The topological polar surface area (TPSA) is 45.2 Å². The molecular weight excluding hydrogens is 342 g/mol. The zero-order valence-corrected chi connectivity index (χ0v) is 16.0. The monoisotopic (exact) mass is 367 g/mol. The summed E-state index contributed by atoms with van der Waals surface area (Å²) in [4.78, 5) is 20.9. The van der Waals surface area contributed by atoms with E-state index < -0.39 is 0 Å². The van der Waals surface area contributed by atoms with E-state index in [2.05, 4.69) is 40.5 Å². The third kappa shape index (κ3) is 3.45. The lowest BCUT2D eigenvalue weighted by atomic mass is 9.95. The van der Waals surface area contributed by atoms with E-state index in [1.165, 1.54) is 21.8 Å². The Morgan fingerprint density at radius 1 is 1.27 bits per heavy atom. The lowest BCUT2D eigenvalue weighted by Crippen LogP contribution is -2.40. The number of pyridine rings is 1. The fourth-order valence-corrected chi connectivity index (χ4v) is 4.99. The van der Waals surface area contributed by atoms with Crippen molar-refractivity contribution >= 4 is 23.4 Å². The fraction of sp³-hybridized carbons (Fsp3) is 0.429. The molecule has 136 valence electrons. The Bertz CT molecular complexity index is 785. The van der Waals surface area contributed by atoms with Gasteiger partial charge in [-0.1, -0.05) is 30.3 Å². The smallest absolute Gasteiger partial charge is 0.223 e.